The highest BCUT2D eigenvalue weighted by Crippen LogP contribution is 2.29. The molecule has 6 nitrogen and oxygen atoms in total. The van der Waals surface area contributed by atoms with Gasteiger partial charge in [-0.3, -0.25) is 10.1 Å². The topological polar surface area (TPSA) is 93.5 Å². The Balaban J connectivity index is 0.00000161. The summed E-state index contributed by atoms with van der Waals surface area (Å²) in [5.41, 5.74) is 8.61. The number of hydrogen-bond donors (Lipinski definition) is 2. The van der Waals surface area contributed by atoms with Gasteiger partial charge in [-0.2, -0.15) is 0 Å². The Bertz CT molecular complexity index is 700. The molecule has 0 saturated heterocycles. The molecule has 0 aliphatic carbocycles. The molecule has 7 heteroatoms. The van der Waals surface area contributed by atoms with Crippen LogP contribution < -0.4 is 11.1 Å². The normalized spacial score (nSPS) is 16.0. The van der Waals surface area contributed by atoms with E-state index in [-0.39, 0.29) is 24.3 Å². The van der Waals surface area contributed by atoms with Gasteiger partial charge in [0.2, 0.25) is 0 Å². The molecule has 1 aliphatic rings. The number of nitrogens with one attached hydrogen (secondary N) is 1. The van der Waals surface area contributed by atoms with Crippen LogP contribution in [0.4, 0.5) is 11.4 Å². The minimum absolute atomic E-state index is 0. The van der Waals surface area contributed by atoms with Gasteiger partial charge in [-0.15, -0.1) is 12.4 Å². The predicted octanol–water partition coefficient (Wildman–Crippen LogP) is 2.85. The average Bonchev–Trinajstić information content (AvgIpc) is 2.47. The highest BCUT2D eigenvalue weighted by Gasteiger charge is 2.19. The van der Waals surface area contributed by atoms with Gasteiger partial charge in [0, 0.05) is 23.4 Å². The number of non-ortho nitro benzene ring substituents is 1. The number of anilines is 1. The summed E-state index contributed by atoms with van der Waals surface area (Å²) in [6.45, 7) is 0. The molecule has 0 spiro atoms. The first-order chi connectivity index (χ1) is 9.65. The predicted molar refractivity (Wildman–Crippen MR) is 83.9 cm³/mol. The van der Waals surface area contributed by atoms with Crippen LogP contribution in [-0.4, -0.2) is 10.8 Å². The summed E-state index contributed by atoms with van der Waals surface area (Å²) in [6.07, 6.45) is -0.328. The summed E-state index contributed by atoms with van der Waals surface area (Å²) in [5.74, 6) is 0.461. The van der Waals surface area contributed by atoms with E-state index < -0.39 is 4.92 Å². The Kier molecular flexibility index (Phi) is 4.09. The van der Waals surface area contributed by atoms with E-state index in [1.165, 1.54) is 12.1 Å². The van der Waals surface area contributed by atoms with E-state index in [0.717, 1.165) is 16.8 Å². The van der Waals surface area contributed by atoms with E-state index in [0.29, 0.717) is 5.84 Å². The standard InChI is InChI=1S/C14H12N4O2.ClH/c15-13-11-3-1-2-4-12(11)16-14(17-13)9-5-7-10(8-6-9)18(19)20;/h1-8,14,16H,(H2,15,17);1H. The molecule has 1 heterocycles. The first kappa shape index (κ1) is 14.8. The third-order valence-corrected chi connectivity index (χ3v) is 3.18. The van der Waals surface area contributed by atoms with E-state index in [9.17, 15) is 10.1 Å². The van der Waals surface area contributed by atoms with Gasteiger partial charge in [0.15, 0.2) is 0 Å². The number of nitro groups is 1. The number of para-hydroxylation sites is 1. The first-order valence-electron chi connectivity index (χ1n) is 6.09. The lowest BCUT2D eigenvalue weighted by Crippen LogP contribution is -2.25. The lowest BCUT2D eigenvalue weighted by atomic mass is 10.1. The Morgan fingerprint density at radius 2 is 1.81 bits per heavy atom. The Hall–Kier alpha value is -2.60. The van der Waals surface area contributed by atoms with Crippen molar-refractivity contribution in [2.75, 3.05) is 5.32 Å². The van der Waals surface area contributed by atoms with Crippen molar-refractivity contribution < 1.29 is 4.92 Å². The zero-order valence-corrected chi connectivity index (χ0v) is 11.7. The zero-order chi connectivity index (χ0) is 14.1. The van der Waals surface area contributed by atoms with E-state index in [1.807, 2.05) is 24.3 Å². The smallest absolute Gasteiger partial charge is 0.269 e. The van der Waals surface area contributed by atoms with Crippen molar-refractivity contribution in [3.63, 3.8) is 0 Å². The van der Waals surface area contributed by atoms with Gasteiger partial charge in [-0.05, 0) is 29.8 Å². The third-order valence-electron chi connectivity index (χ3n) is 3.18. The molecule has 0 amide bonds. The maximum Gasteiger partial charge on any atom is 0.269 e. The molecule has 0 bridgehead atoms. The fraction of sp³-hybridized carbons (Fsp3) is 0.0714. The summed E-state index contributed by atoms with van der Waals surface area (Å²) in [5, 5.41) is 13.9. The van der Waals surface area contributed by atoms with E-state index in [4.69, 9.17) is 5.73 Å². The molecule has 108 valence electrons. The van der Waals surface area contributed by atoms with E-state index >= 15 is 0 Å². The number of nitrogens with two attached hydrogens (primary N) is 1. The molecule has 0 fully saturated rings. The van der Waals surface area contributed by atoms with Crippen molar-refractivity contribution in [2.24, 2.45) is 10.7 Å². The second-order valence-electron chi connectivity index (χ2n) is 4.46. The number of nitro benzene ring substituents is 1. The SMILES string of the molecule is Cl.NC1=NC(c2ccc([N+](=O)[O-])cc2)Nc2ccccc21. The molecule has 1 atom stereocenters. The second-order valence-corrected chi connectivity index (χ2v) is 4.46. The van der Waals surface area contributed by atoms with Crippen LogP contribution in [-0.2, 0) is 0 Å². The second kappa shape index (κ2) is 5.80. The van der Waals surface area contributed by atoms with Gasteiger partial charge in [0.05, 0.1) is 4.92 Å². The number of halogens is 1. The molecular weight excluding hydrogens is 292 g/mol. The Morgan fingerprint density at radius 1 is 1.14 bits per heavy atom. The summed E-state index contributed by atoms with van der Waals surface area (Å²) in [6, 6.07) is 13.9. The van der Waals surface area contributed by atoms with Gasteiger partial charge in [0.1, 0.15) is 12.0 Å². The molecule has 3 rings (SSSR count). The number of rotatable bonds is 2. The van der Waals surface area contributed by atoms with Gasteiger partial charge in [0.25, 0.3) is 5.69 Å². The summed E-state index contributed by atoms with van der Waals surface area (Å²) in [7, 11) is 0. The molecule has 1 aliphatic heterocycles. The van der Waals surface area contributed by atoms with Crippen molar-refractivity contribution in [3.8, 4) is 0 Å². The van der Waals surface area contributed by atoms with Crippen LogP contribution in [0, 0.1) is 10.1 Å². The van der Waals surface area contributed by atoms with Crippen LogP contribution in [0.25, 0.3) is 0 Å². The molecule has 21 heavy (non-hydrogen) atoms. The molecular formula is C14H13ClN4O2. The number of hydrogen-bond acceptors (Lipinski definition) is 5. The first-order valence-corrected chi connectivity index (χ1v) is 6.09. The van der Waals surface area contributed by atoms with Crippen molar-refractivity contribution >= 4 is 29.6 Å². The van der Waals surface area contributed by atoms with Crippen LogP contribution in [0.5, 0.6) is 0 Å². The number of benzene rings is 2. The molecule has 0 saturated carbocycles. The highest BCUT2D eigenvalue weighted by molar-refractivity contribution is 6.03. The molecule has 2 aromatic rings. The largest absolute Gasteiger partial charge is 0.383 e. The number of amidine groups is 1. The van der Waals surface area contributed by atoms with Crippen molar-refractivity contribution in [1.29, 1.82) is 0 Å². The number of nitrogens with zero attached hydrogens (tertiary/aromatic N) is 2. The van der Waals surface area contributed by atoms with Crippen LogP contribution in [0.15, 0.2) is 53.5 Å². The molecule has 2 aromatic carbocycles. The maximum absolute atomic E-state index is 10.6. The number of aliphatic imine (C=N–C) groups is 1. The van der Waals surface area contributed by atoms with Crippen molar-refractivity contribution in [1.82, 2.24) is 0 Å². The maximum atomic E-state index is 10.6. The van der Waals surface area contributed by atoms with E-state index in [1.54, 1.807) is 12.1 Å². The van der Waals surface area contributed by atoms with Gasteiger partial charge in [-0.25, -0.2) is 4.99 Å². The monoisotopic (exact) mass is 304 g/mol. The van der Waals surface area contributed by atoms with Crippen LogP contribution in [0.3, 0.4) is 0 Å². The summed E-state index contributed by atoms with van der Waals surface area (Å²) >= 11 is 0. The Labute approximate surface area is 127 Å². The fourth-order valence-electron chi connectivity index (χ4n) is 2.16. The van der Waals surface area contributed by atoms with Gasteiger partial charge in [-0.1, -0.05) is 12.1 Å². The molecule has 1 unspecified atom stereocenters. The fourth-order valence-corrected chi connectivity index (χ4v) is 2.16. The summed E-state index contributed by atoms with van der Waals surface area (Å²) < 4.78 is 0. The molecule has 0 aromatic heterocycles. The van der Waals surface area contributed by atoms with Crippen molar-refractivity contribution in [2.45, 2.75) is 6.17 Å². The lowest BCUT2D eigenvalue weighted by molar-refractivity contribution is -0.384. The van der Waals surface area contributed by atoms with Crippen LogP contribution in [0.1, 0.15) is 17.3 Å². The van der Waals surface area contributed by atoms with Crippen LogP contribution in [0.2, 0.25) is 0 Å². The van der Waals surface area contributed by atoms with Crippen LogP contribution >= 0.6 is 12.4 Å². The minimum atomic E-state index is -0.426. The quantitative estimate of drug-likeness (QED) is 0.659. The third kappa shape index (κ3) is 2.80. The molecule has 3 N–H and O–H groups in total. The zero-order valence-electron chi connectivity index (χ0n) is 10.9. The molecule has 0 radical (unpaired) electrons. The van der Waals surface area contributed by atoms with Crippen molar-refractivity contribution in [3.05, 3.63) is 69.8 Å². The average molecular weight is 305 g/mol. The van der Waals surface area contributed by atoms with Gasteiger partial charge < -0.3 is 11.1 Å². The van der Waals surface area contributed by atoms with E-state index in [2.05, 4.69) is 10.3 Å². The van der Waals surface area contributed by atoms with Gasteiger partial charge >= 0.3 is 0 Å². The minimum Gasteiger partial charge on any atom is -0.383 e. The highest BCUT2D eigenvalue weighted by atomic mass is 35.5. The number of fused-ring (bicyclic) bond motifs is 1. The lowest BCUT2D eigenvalue weighted by Gasteiger charge is -2.24. The Morgan fingerprint density at radius 3 is 2.48 bits per heavy atom. The summed E-state index contributed by atoms with van der Waals surface area (Å²) in [4.78, 5) is 14.6.